The first-order valence-electron chi connectivity index (χ1n) is 5.65. The van der Waals surface area contributed by atoms with E-state index < -0.39 is 0 Å². The van der Waals surface area contributed by atoms with Gasteiger partial charge in [-0.05, 0) is 35.6 Å². The molecule has 0 fully saturated rings. The van der Waals surface area contributed by atoms with E-state index in [9.17, 15) is 0 Å². The molecule has 0 amide bonds. The third kappa shape index (κ3) is 1.76. The third-order valence-electron chi connectivity index (χ3n) is 2.92. The summed E-state index contributed by atoms with van der Waals surface area (Å²) < 4.78 is 1.88. The first kappa shape index (κ1) is 10.6. The smallest absolute Gasteiger partial charge is 0.116 e. The lowest BCUT2D eigenvalue weighted by Crippen LogP contribution is -1.97. The van der Waals surface area contributed by atoms with Gasteiger partial charge in [0, 0.05) is 18.3 Å². The van der Waals surface area contributed by atoms with Gasteiger partial charge in [0.2, 0.25) is 0 Å². The van der Waals surface area contributed by atoms with Gasteiger partial charge in [-0.1, -0.05) is 0 Å². The van der Waals surface area contributed by atoms with Crippen LogP contribution in [-0.4, -0.2) is 15.3 Å². The van der Waals surface area contributed by atoms with Crippen LogP contribution >= 0.6 is 0 Å². The fourth-order valence-corrected chi connectivity index (χ4v) is 1.93. The molecule has 1 aromatic carbocycles. The topological polar surface area (TPSA) is 56.2 Å². The highest BCUT2D eigenvalue weighted by Crippen LogP contribution is 2.21. The Bertz CT molecular complexity index is 698. The molecule has 0 saturated carbocycles. The summed E-state index contributed by atoms with van der Waals surface area (Å²) in [4.78, 5) is 8.46. The first-order valence-corrected chi connectivity index (χ1v) is 5.65. The van der Waals surface area contributed by atoms with Crippen molar-refractivity contribution in [2.24, 2.45) is 12.0 Å². The zero-order valence-electron chi connectivity index (χ0n) is 10.0. The Labute approximate surface area is 105 Å². The van der Waals surface area contributed by atoms with Crippen LogP contribution in [0, 0.1) is 11.8 Å². The molecule has 0 bridgehead atoms. The maximum Gasteiger partial charge on any atom is 0.116 e. The summed E-state index contributed by atoms with van der Waals surface area (Å²) in [5.41, 5.74) is 10.4. The van der Waals surface area contributed by atoms with E-state index in [1.54, 1.807) is 12.5 Å². The predicted octanol–water partition coefficient (Wildman–Crippen LogP) is 1.36. The quantitative estimate of drug-likeness (QED) is 0.554. The zero-order valence-corrected chi connectivity index (χ0v) is 10.0. The molecule has 0 spiro atoms. The van der Waals surface area contributed by atoms with Crippen molar-refractivity contribution in [1.29, 1.82) is 0 Å². The SMILES string of the molecule is Cn1cncc1C#CC1=NCc2cc(N)ccc21. The van der Waals surface area contributed by atoms with E-state index in [1.165, 1.54) is 0 Å². The number of nitrogens with zero attached hydrogens (tertiary/aromatic N) is 3. The molecule has 18 heavy (non-hydrogen) atoms. The monoisotopic (exact) mass is 236 g/mol. The van der Waals surface area contributed by atoms with Gasteiger partial charge in [0.25, 0.3) is 0 Å². The summed E-state index contributed by atoms with van der Waals surface area (Å²) >= 11 is 0. The fraction of sp³-hybridized carbons (Fsp3) is 0.143. The van der Waals surface area contributed by atoms with Crippen molar-refractivity contribution >= 4 is 11.4 Å². The minimum absolute atomic E-state index is 0.662. The molecule has 2 N–H and O–H groups in total. The van der Waals surface area contributed by atoms with Gasteiger partial charge in [-0.15, -0.1) is 0 Å². The van der Waals surface area contributed by atoms with Crippen LogP contribution in [0.25, 0.3) is 0 Å². The number of aryl methyl sites for hydroxylation is 1. The molecule has 88 valence electrons. The number of aliphatic imine (C=N–C) groups is 1. The van der Waals surface area contributed by atoms with Crippen LogP contribution in [0.15, 0.2) is 35.7 Å². The molecule has 0 atom stereocenters. The Balaban J connectivity index is 1.94. The second-order valence-electron chi connectivity index (χ2n) is 4.22. The molecular weight excluding hydrogens is 224 g/mol. The van der Waals surface area contributed by atoms with Gasteiger partial charge in [-0.2, -0.15) is 0 Å². The Kier molecular flexibility index (Phi) is 2.38. The van der Waals surface area contributed by atoms with Gasteiger partial charge in [-0.25, -0.2) is 4.98 Å². The lowest BCUT2D eigenvalue weighted by molar-refractivity contribution is 0.899. The van der Waals surface area contributed by atoms with E-state index in [0.717, 1.165) is 28.2 Å². The molecule has 4 heteroatoms. The number of aromatic nitrogens is 2. The van der Waals surface area contributed by atoms with Crippen molar-refractivity contribution in [3.63, 3.8) is 0 Å². The number of hydrogen-bond donors (Lipinski definition) is 1. The number of rotatable bonds is 0. The number of anilines is 1. The predicted molar refractivity (Wildman–Crippen MR) is 71.2 cm³/mol. The highest BCUT2D eigenvalue weighted by atomic mass is 15.0. The van der Waals surface area contributed by atoms with E-state index >= 15 is 0 Å². The molecule has 0 radical (unpaired) electrons. The maximum absolute atomic E-state index is 5.75. The Hall–Kier alpha value is -2.54. The van der Waals surface area contributed by atoms with Crippen LogP contribution < -0.4 is 5.73 Å². The summed E-state index contributed by atoms with van der Waals surface area (Å²) in [6.45, 7) is 0.662. The molecule has 0 aliphatic carbocycles. The molecular formula is C14H12N4. The van der Waals surface area contributed by atoms with Gasteiger partial charge in [0.15, 0.2) is 0 Å². The normalized spacial score (nSPS) is 12.6. The van der Waals surface area contributed by atoms with E-state index in [-0.39, 0.29) is 0 Å². The van der Waals surface area contributed by atoms with Gasteiger partial charge < -0.3 is 10.3 Å². The molecule has 0 saturated heterocycles. The lowest BCUT2D eigenvalue weighted by Gasteiger charge is -1.99. The number of imidazole rings is 1. The third-order valence-corrected chi connectivity index (χ3v) is 2.92. The Morgan fingerprint density at radius 3 is 3.00 bits per heavy atom. The van der Waals surface area contributed by atoms with Gasteiger partial charge in [0.05, 0.1) is 19.1 Å². The number of nitrogens with two attached hydrogens (primary N) is 1. The number of nitrogen functional groups attached to an aromatic ring is 1. The fourth-order valence-electron chi connectivity index (χ4n) is 1.93. The van der Waals surface area contributed by atoms with E-state index in [2.05, 4.69) is 21.8 Å². The van der Waals surface area contributed by atoms with Gasteiger partial charge in [0.1, 0.15) is 11.4 Å². The molecule has 2 aromatic rings. The molecule has 4 nitrogen and oxygen atoms in total. The summed E-state index contributed by atoms with van der Waals surface area (Å²) in [7, 11) is 1.92. The second kappa shape index (κ2) is 4.04. The second-order valence-corrected chi connectivity index (χ2v) is 4.22. The van der Waals surface area contributed by atoms with E-state index in [4.69, 9.17) is 5.73 Å². The van der Waals surface area contributed by atoms with Crippen molar-refractivity contribution < 1.29 is 0 Å². The van der Waals surface area contributed by atoms with Crippen LogP contribution in [0.2, 0.25) is 0 Å². The zero-order chi connectivity index (χ0) is 12.5. The number of fused-ring (bicyclic) bond motifs is 1. The van der Waals surface area contributed by atoms with Crippen molar-refractivity contribution in [2.45, 2.75) is 6.54 Å². The van der Waals surface area contributed by atoms with Crippen LogP contribution in [0.1, 0.15) is 16.8 Å². The van der Waals surface area contributed by atoms with Gasteiger partial charge in [-0.3, -0.25) is 4.99 Å². The van der Waals surface area contributed by atoms with E-state index in [0.29, 0.717) is 6.54 Å². The highest BCUT2D eigenvalue weighted by molar-refractivity contribution is 6.15. The molecule has 1 aliphatic rings. The van der Waals surface area contributed by atoms with Crippen LogP contribution in [0.5, 0.6) is 0 Å². The molecule has 2 heterocycles. The summed E-state index contributed by atoms with van der Waals surface area (Å²) in [5.74, 6) is 6.18. The van der Waals surface area contributed by atoms with Crippen molar-refractivity contribution in [2.75, 3.05) is 5.73 Å². The lowest BCUT2D eigenvalue weighted by atomic mass is 10.1. The van der Waals surface area contributed by atoms with Crippen molar-refractivity contribution in [1.82, 2.24) is 9.55 Å². The first-order chi connectivity index (χ1) is 8.74. The van der Waals surface area contributed by atoms with Crippen LogP contribution in [0.4, 0.5) is 5.69 Å². The molecule has 1 aliphatic heterocycles. The molecule has 3 rings (SSSR count). The average molecular weight is 236 g/mol. The van der Waals surface area contributed by atoms with Crippen molar-refractivity contribution in [3.8, 4) is 11.8 Å². The largest absolute Gasteiger partial charge is 0.399 e. The maximum atomic E-state index is 5.75. The van der Waals surface area contributed by atoms with Crippen molar-refractivity contribution in [3.05, 3.63) is 47.5 Å². The van der Waals surface area contributed by atoms with E-state index in [1.807, 2.05) is 29.8 Å². The number of hydrogen-bond acceptors (Lipinski definition) is 3. The molecule has 0 unspecified atom stereocenters. The number of benzene rings is 1. The summed E-state index contributed by atoms with van der Waals surface area (Å²) in [5, 5.41) is 0. The summed E-state index contributed by atoms with van der Waals surface area (Å²) in [6.07, 6.45) is 3.47. The highest BCUT2D eigenvalue weighted by Gasteiger charge is 2.13. The summed E-state index contributed by atoms with van der Waals surface area (Å²) in [6, 6.07) is 5.82. The molecule has 1 aromatic heterocycles. The van der Waals surface area contributed by atoms with Gasteiger partial charge >= 0.3 is 0 Å². The minimum Gasteiger partial charge on any atom is -0.399 e. The minimum atomic E-state index is 0.662. The average Bonchev–Trinajstić information content (AvgIpc) is 2.93. The van der Waals surface area contributed by atoms with Crippen LogP contribution in [-0.2, 0) is 13.6 Å². The Morgan fingerprint density at radius 1 is 1.33 bits per heavy atom. The van der Waals surface area contributed by atoms with Crippen LogP contribution in [0.3, 0.4) is 0 Å². The standard InChI is InChI=1S/C14H12N4/c1-18-9-16-8-12(18)3-5-14-13-4-2-11(15)6-10(13)7-17-14/h2,4,6,8-9H,7,15H2,1H3. The Morgan fingerprint density at radius 2 is 2.22 bits per heavy atom.